The summed E-state index contributed by atoms with van der Waals surface area (Å²) >= 11 is 0. The maximum absolute atomic E-state index is 13.1. The molecule has 3 aliphatic rings. The van der Waals surface area contributed by atoms with E-state index in [-0.39, 0.29) is 47.9 Å². The third-order valence-corrected chi connectivity index (χ3v) is 8.55. The van der Waals surface area contributed by atoms with Crippen molar-refractivity contribution < 1.29 is 28.5 Å². The van der Waals surface area contributed by atoms with Gasteiger partial charge in [0.1, 0.15) is 35.7 Å². The minimum Gasteiger partial charge on any atom is -0.496 e. The van der Waals surface area contributed by atoms with Crippen LogP contribution in [0.15, 0.2) is 23.8 Å². The first-order valence-corrected chi connectivity index (χ1v) is 14.1. The van der Waals surface area contributed by atoms with E-state index in [0.29, 0.717) is 24.9 Å². The smallest absolute Gasteiger partial charge is 0.325 e. The minimum absolute atomic E-state index is 0.0128. The second kappa shape index (κ2) is 11.2. The summed E-state index contributed by atoms with van der Waals surface area (Å²) in [4.78, 5) is 13.1. The Balaban J connectivity index is 1.44. The van der Waals surface area contributed by atoms with Gasteiger partial charge in [0.25, 0.3) is 0 Å². The van der Waals surface area contributed by atoms with Gasteiger partial charge in [-0.1, -0.05) is 39.3 Å². The van der Waals surface area contributed by atoms with Crippen molar-refractivity contribution in [2.45, 2.75) is 109 Å². The van der Waals surface area contributed by atoms with Gasteiger partial charge in [-0.3, -0.25) is 4.79 Å². The molecule has 0 bridgehead atoms. The summed E-state index contributed by atoms with van der Waals surface area (Å²) in [5.74, 6) is 1.23. The van der Waals surface area contributed by atoms with Crippen molar-refractivity contribution in [3.05, 3.63) is 34.9 Å². The highest BCUT2D eigenvalue weighted by Crippen LogP contribution is 2.59. The van der Waals surface area contributed by atoms with Crippen LogP contribution in [0.1, 0.15) is 90.7 Å². The number of ether oxygens (including phenoxy) is 5. The predicted octanol–water partition coefficient (Wildman–Crippen LogP) is 5.97. The van der Waals surface area contributed by atoms with Crippen LogP contribution in [-0.2, 0) is 23.7 Å². The number of hydrogen-bond donors (Lipinski definition) is 1. The molecule has 7 heteroatoms. The first-order valence-electron chi connectivity index (χ1n) is 14.1. The third-order valence-electron chi connectivity index (χ3n) is 8.55. The van der Waals surface area contributed by atoms with Crippen molar-refractivity contribution in [3.8, 4) is 5.75 Å². The Morgan fingerprint density at radius 1 is 1.16 bits per heavy atom. The average molecular weight is 530 g/mol. The lowest BCUT2D eigenvalue weighted by atomic mass is 9.68. The van der Waals surface area contributed by atoms with Crippen LogP contribution in [0.2, 0.25) is 0 Å². The molecule has 2 aliphatic heterocycles. The molecule has 1 saturated carbocycles. The quantitative estimate of drug-likeness (QED) is 0.215. The fraction of sp³-hybridized carbons (Fsp3) is 0.710. The lowest BCUT2D eigenvalue weighted by Crippen LogP contribution is -2.55. The van der Waals surface area contributed by atoms with Crippen LogP contribution in [0.4, 0.5) is 5.69 Å². The number of methoxy groups -OCH3 is 2. The van der Waals surface area contributed by atoms with E-state index in [1.165, 1.54) is 5.57 Å². The van der Waals surface area contributed by atoms with Crippen LogP contribution in [0.3, 0.4) is 0 Å². The molecule has 1 spiro atoms. The Hall–Kier alpha value is -2.09. The maximum Gasteiger partial charge on any atom is 0.325 e. The lowest BCUT2D eigenvalue weighted by Gasteiger charge is -2.42. The number of epoxide rings is 2. The monoisotopic (exact) mass is 529 g/mol. The molecule has 1 aromatic rings. The zero-order valence-electron chi connectivity index (χ0n) is 24.7. The van der Waals surface area contributed by atoms with E-state index >= 15 is 0 Å². The highest BCUT2D eigenvalue weighted by atomic mass is 16.6. The Labute approximate surface area is 228 Å². The molecule has 38 heavy (non-hydrogen) atoms. The molecule has 6 atom stereocenters. The van der Waals surface area contributed by atoms with E-state index in [0.717, 1.165) is 35.4 Å². The maximum atomic E-state index is 13.1. The first-order chi connectivity index (χ1) is 18.0. The van der Waals surface area contributed by atoms with E-state index in [1.54, 1.807) is 14.2 Å². The molecule has 3 fully saturated rings. The third kappa shape index (κ3) is 5.75. The zero-order valence-corrected chi connectivity index (χ0v) is 24.7. The van der Waals surface area contributed by atoms with Gasteiger partial charge in [0, 0.05) is 12.8 Å². The van der Waals surface area contributed by atoms with Gasteiger partial charge in [-0.05, 0) is 75.1 Å². The molecular weight excluding hydrogens is 482 g/mol. The molecule has 0 aromatic heterocycles. The molecule has 0 radical (unpaired) electrons. The first kappa shape index (κ1) is 28.9. The molecule has 2 saturated heterocycles. The van der Waals surface area contributed by atoms with Crippen molar-refractivity contribution in [3.63, 3.8) is 0 Å². The number of hydrogen-bond acceptors (Lipinski definition) is 7. The number of anilines is 1. The SMILES string of the molecule is COc1c(C(C)C)cc(NCC(=O)O[C@@H]2CC[C@]3(CO3)[C@@H]([C@]3(C)O[C@@H]3CC=C(C)C)[C@@H]2OC)cc1C(C)C. The van der Waals surface area contributed by atoms with Crippen LogP contribution in [0.25, 0.3) is 0 Å². The van der Waals surface area contributed by atoms with Crippen molar-refractivity contribution in [2.75, 3.05) is 32.7 Å². The van der Waals surface area contributed by atoms with Gasteiger partial charge < -0.3 is 29.0 Å². The van der Waals surface area contributed by atoms with Crippen LogP contribution in [-0.4, -0.2) is 62.9 Å². The van der Waals surface area contributed by atoms with Gasteiger partial charge in [-0.2, -0.15) is 0 Å². The fourth-order valence-corrected chi connectivity index (χ4v) is 6.32. The predicted molar refractivity (Wildman–Crippen MR) is 149 cm³/mol. The molecule has 0 amide bonds. The van der Waals surface area contributed by atoms with Gasteiger partial charge in [-0.25, -0.2) is 0 Å². The van der Waals surface area contributed by atoms with E-state index in [2.05, 4.69) is 72.0 Å². The number of nitrogens with one attached hydrogen (secondary N) is 1. The number of carbonyl (C=O) groups excluding carboxylic acids is 1. The molecule has 7 nitrogen and oxygen atoms in total. The van der Waals surface area contributed by atoms with E-state index < -0.39 is 0 Å². The number of esters is 1. The lowest BCUT2D eigenvalue weighted by molar-refractivity contribution is -0.170. The van der Waals surface area contributed by atoms with Gasteiger partial charge >= 0.3 is 5.97 Å². The zero-order chi connectivity index (χ0) is 27.8. The Kier molecular flexibility index (Phi) is 8.51. The van der Waals surface area contributed by atoms with Crippen molar-refractivity contribution in [1.29, 1.82) is 0 Å². The van der Waals surface area contributed by atoms with Gasteiger partial charge in [0.2, 0.25) is 0 Å². The van der Waals surface area contributed by atoms with Crippen LogP contribution < -0.4 is 10.1 Å². The summed E-state index contributed by atoms with van der Waals surface area (Å²) in [6, 6.07) is 4.15. The molecule has 1 aliphatic carbocycles. The number of allylic oxidation sites excluding steroid dienone is 1. The molecule has 0 unspecified atom stereocenters. The van der Waals surface area contributed by atoms with Crippen LogP contribution in [0, 0.1) is 5.92 Å². The number of benzene rings is 1. The van der Waals surface area contributed by atoms with E-state index in [4.69, 9.17) is 23.7 Å². The van der Waals surface area contributed by atoms with E-state index in [1.807, 2.05) is 0 Å². The topological polar surface area (TPSA) is 81.9 Å². The Morgan fingerprint density at radius 2 is 1.79 bits per heavy atom. The van der Waals surface area contributed by atoms with E-state index in [9.17, 15) is 4.79 Å². The molecule has 212 valence electrons. The van der Waals surface area contributed by atoms with Gasteiger partial charge in [-0.15, -0.1) is 0 Å². The van der Waals surface area contributed by atoms with Crippen molar-refractivity contribution in [2.24, 2.45) is 5.92 Å². The molecule has 1 aromatic carbocycles. The Morgan fingerprint density at radius 3 is 2.29 bits per heavy atom. The second-order valence-corrected chi connectivity index (χ2v) is 12.3. The highest BCUT2D eigenvalue weighted by Gasteiger charge is 2.72. The van der Waals surface area contributed by atoms with Crippen molar-refractivity contribution >= 4 is 11.7 Å². The molecular formula is C31H47NO6. The average Bonchev–Trinajstić information content (AvgIpc) is 3.78. The number of rotatable bonds is 11. The summed E-state index contributed by atoms with van der Waals surface area (Å²) in [6.07, 6.45) is 4.15. The second-order valence-electron chi connectivity index (χ2n) is 12.3. The largest absolute Gasteiger partial charge is 0.496 e. The van der Waals surface area contributed by atoms with Crippen LogP contribution in [0.5, 0.6) is 5.75 Å². The number of carbonyl (C=O) groups is 1. The standard InChI is InChI=1S/C31H47NO6/c1-18(2)10-11-25-30(7,38-25)29-28(35-9)24(12-13-31(29)17-36-31)37-26(33)16-32-21-14-22(19(3)4)27(34-8)23(15-21)20(5)6/h10,14-15,19-20,24-25,28-29,32H,11-13,16-17H2,1-9H3/t24-,25-,28-,29-,30-,31+/m1/s1. The van der Waals surface area contributed by atoms with Crippen LogP contribution >= 0.6 is 0 Å². The summed E-state index contributed by atoms with van der Waals surface area (Å²) in [6.45, 7) is 15.7. The Bertz CT molecular complexity index is 1010. The minimum atomic E-state index is -0.351. The summed E-state index contributed by atoms with van der Waals surface area (Å²) in [5.41, 5.74) is 3.84. The summed E-state index contributed by atoms with van der Waals surface area (Å²) in [7, 11) is 3.42. The molecule has 4 rings (SSSR count). The normalized spacial score (nSPS) is 31.9. The molecule has 2 heterocycles. The summed E-state index contributed by atoms with van der Waals surface area (Å²) in [5, 5.41) is 3.30. The van der Waals surface area contributed by atoms with Gasteiger partial charge in [0.05, 0.1) is 25.7 Å². The fourth-order valence-electron chi connectivity index (χ4n) is 6.32. The summed E-state index contributed by atoms with van der Waals surface area (Å²) < 4.78 is 30.1. The molecule has 1 N–H and O–H groups in total. The van der Waals surface area contributed by atoms with Crippen molar-refractivity contribution in [1.82, 2.24) is 0 Å². The van der Waals surface area contributed by atoms with Gasteiger partial charge in [0.15, 0.2) is 0 Å². The highest BCUT2D eigenvalue weighted by molar-refractivity contribution is 5.75.